The maximum absolute atomic E-state index is 16.1. The number of hydrogen-bond acceptors (Lipinski definition) is 7. The number of hydrogen-bond donors (Lipinski definition) is 1. The number of fused-ring (bicyclic) bond motifs is 1. The second-order valence-corrected chi connectivity index (χ2v) is 12.6. The van der Waals surface area contributed by atoms with Gasteiger partial charge in [-0.3, -0.25) is 0 Å². The van der Waals surface area contributed by atoms with Crippen LogP contribution in [-0.2, 0) is 15.6 Å². The number of piperidine rings is 1. The zero-order valence-electron chi connectivity index (χ0n) is 21.5. The van der Waals surface area contributed by atoms with E-state index in [9.17, 15) is 8.42 Å². The van der Waals surface area contributed by atoms with Crippen molar-refractivity contribution < 1.29 is 17.5 Å². The lowest BCUT2D eigenvalue weighted by molar-refractivity contribution is 0.180. The quantitative estimate of drug-likeness (QED) is 0.324. The van der Waals surface area contributed by atoms with Crippen molar-refractivity contribution in [3.05, 3.63) is 65.3 Å². The Hall–Kier alpha value is -3.21. The number of benzene rings is 2. The minimum Gasteiger partial charge on any atom is -0.495 e. The monoisotopic (exact) mass is 569 g/mol. The fourth-order valence-electron chi connectivity index (χ4n) is 5.59. The van der Waals surface area contributed by atoms with E-state index in [4.69, 9.17) is 22.1 Å². The number of sulfone groups is 1. The van der Waals surface area contributed by atoms with E-state index in [0.29, 0.717) is 22.3 Å². The van der Waals surface area contributed by atoms with Crippen LogP contribution >= 0.6 is 11.6 Å². The molecule has 39 heavy (non-hydrogen) atoms. The molecule has 1 saturated carbocycles. The van der Waals surface area contributed by atoms with E-state index in [1.807, 2.05) is 6.20 Å². The molecule has 204 valence electrons. The van der Waals surface area contributed by atoms with Crippen LogP contribution in [0.25, 0.3) is 22.2 Å². The van der Waals surface area contributed by atoms with E-state index in [2.05, 4.69) is 19.4 Å². The average molecular weight is 570 g/mol. The molecular formula is C28H29ClFN5O3S. The Morgan fingerprint density at radius 1 is 1.08 bits per heavy atom. The van der Waals surface area contributed by atoms with Gasteiger partial charge in [-0.2, -0.15) is 0 Å². The highest BCUT2D eigenvalue weighted by molar-refractivity contribution is 7.90. The molecule has 0 bridgehead atoms. The van der Waals surface area contributed by atoms with Crippen LogP contribution in [0.2, 0.25) is 5.02 Å². The first-order chi connectivity index (χ1) is 18.8. The van der Waals surface area contributed by atoms with Crippen molar-refractivity contribution in [1.29, 1.82) is 0 Å². The van der Waals surface area contributed by atoms with E-state index >= 15 is 4.39 Å². The highest BCUT2D eigenvalue weighted by atomic mass is 35.5. The molecule has 0 spiro atoms. The number of nitrogen functional groups attached to an aromatic ring is 1. The van der Waals surface area contributed by atoms with Crippen LogP contribution in [-0.4, -0.2) is 54.1 Å². The summed E-state index contributed by atoms with van der Waals surface area (Å²) in [6, 6.07) is 9.90. The number of anilines is 1. The van der Waals surface area contributed by atoms with Crippen molar-refractivity contribution >= 4 is 38.3 Å². The molecule has 0 radical (unpaired) electrons. The molecule has 0 unspecified atom stereocenters. The summed E-state index contributed by atoms with van der Waals surface area (Å²) >= 11 is 6.15. The molecule has 2 aromatic carbocycles. The van der Waals surface area contributed by atoms with Crippen molar-refractivity contribution in [2.24, 2.45) is 0 Å². The first-order valence-electron chi connectivity index (χ1n) is 13.0. The first-order valence-corrected chi connectivity index (χ1v) is 15.0. The van der Waals surface area contributed by atoms with E-state index in [1.54, 1.807) is 12.1 Å². The van der Waals surface area contributed by atoms with Gasteiger partial charge >= 0.3 is 0 Å². The van der Waals surface area contributed by atoms with Gasteiger partial charge in [-0.25, -0.2) is 22.8 Å². The Morgan fingerprint density at radius 2 is 1.85 bits per heavy atom. The lowest BCUT2D eigenvalue weighted by Crippen LogP contribution is -2.36. The number of nitrogens with zero attached hydrogens (tertiary/aromatic N) is 4. The number of rotatable bonds is 7. The Kier molecular flexibility index (Phi) is 6.73. The van der Waals surface area contributed by atoms with Crippen molar-refractivity contribution in [3.8, 4) is 16.9 Å². The summed E-state index contributed by atoms with van der Waals surface area (Å²) in [5, 5.41) is 0.738. The zero-order chi connectivity index (χ0) is 27.3. The lowest BCUT2D eigenvalue weighted by atomic mass is 10.0. The molecule has 3 heterocycles. The molecule has 0 atom stereocenters. The van der Waals surface area contributed by atoms with Crippen molar-refractivity contribution in [2.45, 2.75) is 48.4 Å². The highest BCUT2D eigenvalue weighted by Crippen LogP contribution is 2.40. The van der Waals surface area contributed by atoms with E-state index < -0.39 is 21.4 Å². The van der Waals surface area contributed by atoms with Gasteiger partial charge in [0.05, 0.1) is 28.2 Å². The third-order valence-electron chi connectivity index (χ3n) is 7.79. The molecule has 2 aliphatic rings. The normalized spacial score (nSPS) is 17.1. The van der Waals surface area contributed by atoms with Gasteiger partial charge in [-0.15, -0.1) is 0 Å². The number of methoxy groups -OCH3 is 1. The summed E-state index contributed by atoms with van der Waals surface area (Å²) < 4.78 is 49.6. The van der Waals surface area contributed by atoms with Crippen LogP contribution in [0, 0.1) is 5.82 Å². The summed E-state index contributed by atoms with van der Waals surface area (Å²) in [5.41, 5.74) is 7.82. The summed E-state index contributed by atoms with van der Waals surface area (Å²) in [6.07, 6.45) is 7.82. The summed E-state index contributed by atoms with van der Waals surface area (Å²) in [6.45, 7) is 2.03. The maximum Gasteiger partial charge on any atom is 0.182 e. The topological polar surface area (TPSA) is 103 Å². The molecule has 11 heteroatoms. The van der Waals surface area contributed by atoms with Gasteiger partial charge < -0.3 is 19.9 Å². The van der Waals surface area contributed by atoms with Crippen LogP contribution in [0.5, 0.6) is 5.75 Å². The summed E-state index contributed by atoms with van der Waals surface area (Å²) in [4.78, 5) is 11.2. The lowest BCUT2D eigenvalue weighted by Gasteiger charge is -2.32. The predicted molar refractivity (Wildman–Crippen MR) is 149 cm³/mol. The van der Waals surface area contributed by atoms with E-state index in [1.165, 1.54) is 50.5 Å². The molecule has 1 aliphatic carbocycles. The Balaban J connectivity index is 1.36. The van der Waals surface area contributed by atoms with Crippen LogP contribution in [0.4, 0.5) is 10.2 Å². The number of ether oxygens (including phenoxy) is 1. The largest absolute Gasteiger partial charge is 0.495 e. The highest BCUT2D eigenvalue weighted by Gasteiger charge is 2.33. The molecule has 0 amide bonds. The second kappa shape index (κ2) is 10.1. The fraction of sp³-hybridized carbons (Fsp3) is 0.357. The molecule has 4 aromatic rings. The molecule has 1 aliphatic heterocycles. The van der Waals surface area contributed by atoms with Crippen molar-refractivity contribution in [1.82, 2.24) is 19.4 Å². The Morgan fingerprint density at radius 3 is 2.54 bits per heavy atom. The molecule has 6 rings (SSSR count). The van der Waals surface area contributed by atoms with Crippen LogP contribution in [0.1, 0.15) is 37.3 Å². The zero-order valence-corrected chi connectivity index (χ0v) is 23.1. The maximum atomic E-state index is 16.1. The second-order valence-electron chi connectivity index (χ2n) is 10.2. The molecular weight excluding hydrogens is 541 g/mol. The third-order valence-corrected chi connectivity index (χ3v) is 9.75. The third kappa shape index (κ3) is 4.85. The number of nitrogens with two attached hydrogens (primary N) is 1. The minimum atomic E-state index is -3.89. The minimum absolute atomic E-state index is 0.00936. The molecule has 2 fully saturated rings. The molecule has 2 N–H and O–H groups in total. The fourth-order valence-corrected chi connectivity index (χ4v) is 7.28. The first kappa shape index (κ1) is 26.0. The smallest absolute Gasteiger partial charge is 0.182 e. The number of aromatic nitrogens is 3. The molecule has 8 nitrogen and oxygen atoms in total. The van der Waals surface area contributed by atoms with Gasteiger partial charge in [0.1, 0.15) is 29.4 Å². The summed E-state index contributed by atoms with van der Waals surface area (Å²) in [5.74, 6) is -0.529. The number of likely N-dealkylation sites (tertiary alicyclic amines) is 1. The Labute approximate surface area is 231 Å². The average Bonchev–Trinajstić information content (AvgIpc) is 3.70. The van der Waals surface area contributed by atoms with Gasteiger partial charge in [0.15, 0.2) is 9.84 Å². The van der Waals surface area contributed by atoms with Gasteiger partial charge in [0.2, 0.25) is 0 Å². The van der Waals surface area contributed by atoms with Crippen LogP contribution in [0.3, 0.4) is 0 Å². The van der Waals surface area contributed by atoms with Gasteiger partial charge in [-0.1, -0.05) is 29.8 Å². The predicted octanol–water partition coefficient (Wildman–Crippen LogP) is 5.25. The molecule has 2 aromatic heterocycles. The van der Waals surface area contributed by atoms with Gasteiger partial charge in [-0.05, 0) is 43.9 Å². The standard InChI is InChI=1S/C28H29ClFN5O3S/c1-38-24-8-7-20(13-23(24)29)39(36,37)15-17-3-2-4-21(26(17)30)22-14-35(28-25(22)27(31)32-16-33-28)19-9-11-34(12-10-19)18-5-6-18/h2-4,7-8,13-14,16,18-19H,5-6,9-12,15H2,1H3,(H2,31,32,33). The van der Waals surface area contributed by atoms with Crippen molar-refractivity contribution in [2.75, 3.05) is 25.9 Å². The van der Waals surface area contributed by atoms with E-state index in [-0.39, 0.29) is 32.9 Å². The number of halogens is 2. The van der Waals surface area contributed by atoms with Gasteiger partial charge in [0, 0.05) is 48.1 Å². The molecule has 1 saturated heterocycles. The Bertz CT molecular complexity index is 1660. The van der Waals surface area contributed by atoms with Gasteiger partial charge in [0.25, 0.3) is 0 Å². The van der Waals surface area contributed by atoms with Crippen LogP contribution < -0.4 is 10.5 Å². The van der Waals surface area contributed by atoms with Crippen molar-refractivity contribution in [3.63, 3.8) is 0 Å². The summed E-state index contributed by atoms with van der Waals surface area (Å²) in [7, 11) is -2.44. The SMILES string of the molecule is COc1ccc(S(=O)(=O)Cc2cccc(-c3cn(C4CCN(C5CC5)CC4)c4ncnc(N)c34)c2F)cc1Cl. The van der Waals surface area contributed by atoms with E-state index in [0.717, 1.165) is 32.0 Å². The van der Waals surface area contributed by atoms with Crippen LogP contribution in [0.15, 0.2) is 53.8 Å².